The van der Waals surface area contributed by atoms with Crippen LogP contribution in [-0.2, 0) is 9.59 Å². The van der Waals surface area contributed by atoms with Crippen LogP contribution >= 0.6 is 0 Å². The average Bonchev–Trinajstić information content (AvgIpc) is 2.82. The van der Waals surface area contributed by atoms with E-state index in [0.717, 1.165) is 25.7 Å². The van der Waals surface area contributed by atoms with Crippen molar-refractivity contribution < 1.29 is 19.5 Å². The third kappa shape index (κ3) is 4.21. The number of carboxylic acids is 1. The maximum absolute atomic E-state index is 12.1. The number of carbonyl (C=O) groups excluding carboxylic acids is 2. The van der Waals surface area contributed by atoms with Gasteiger partial charge in [0.05, 0.1) is 5.41 Å². The Morgan fingerprint density at radius 3 is 2.25 bits per heavy atom. The predicted molar refractivity (Wildman–Crippen MR) is 74.2 cm³/mol. The third-order valence-electron chi connectivity index (χ3n) is 3.79. The van der Waals surface area contributed by atoms with Crippen molar-refractivity contribution in [3.63, 3.8) is 0 Å². The second-order valence-electron chi connectivity index (χ2n) is 5.94. The minimum atomic E-state index is -1.17. The summed E-state index contributed by atoms with van der Waals surface area (Å²) < 4.78 is 0. The fraction of sp³-hybridized carbons (Fsp3) is 0.786. The van der Waals surface area contributed by atoms with Crippen molar-refractivity contribution in [1.29, 1.82) is 0 Å². The van der Waals surface area contributed by atoms with E-state index >= 15 is 0 Å². The highest BCUT2D eigenvalue weighted by molar-refractivity contribution is 5.96. The summed E-state index contributed by atoms with van der Waals surface area (Å²) in [6.45, 7) is 5.36. The van der Waals surface area contributed by atoms with Gasteiger partial charge in [0.15, 0.2) is 0 Å². The Bertz CT molecular complexity index is 387. The van der Waals surface area contributed by atoms with Gasteiger partial charge in [0.1, 0.15) is 0 Å². The van der Waals surface area contributed by atoms with Crippen molar-refractivity contribution in [1.82, 2.24) is 10.2 Å². The molecule has 114 valence electrons. The molecule has 1 saturated carbocycles. The number of aliphatic carboxylic acids is 1. The molecule has 0 unspecified atom stereocenters. The first kappa shape index (κ1) is 16.5. The summed E-state index contributed by atoms with van der Waals surface area (Å²) in [5.74, 6) is -1.60. The van der Waals surface area contributed by atoms with E-state index in [0.29, 0.717) is 6.54 Å². The highest BCUT2D eigenvalue weighted by atomic mass is 16.4. The molecule has 1 aliphatic carbocycles. The van der Waals surface area contributed by atoms with Crippen molar-refractivity contribution in [3.8, 4) is 0 Å². The van der Waals surface area contributed by atoms with Gasteiger partial charge in [-0.05, 0) is 33.6 Å². The Labute approximate surface area is 119 Å². The molecule has 1 fully saturated rings. The SMILES string of the molecule is CCN(C(=O)NC(=O)CC(C)(C)C(=O)O)C1CCCC1. The number of nitrogens with one attached hydrogen (secondary N) is 1. The molecule has 20 heavy (non-hydrogen) atoms. The molecule has 0 aromatic heterocycles. The molecule has 0 radical (unpaired) electrons. The van der Waals surface area contributed by atoms with Gasteiger partial charge in [-0.25, -0.2) is 4.79 Å². The zero-order valence-electron chi connectivity index (χ0n) is 12.4. The number of amides is 3. The highest BCUT2D eigenvalue weighted by Crippen LogP contribution is 2.24. The monoisotopic (exact) mass is 284 g/mol. The Kier molecular flexibility index (Phi) is 5.53. The zero-order chi connectivity index (χ0) is 15.3. The highest BCUT2D eigenvalue weighted by Gasteiger charge is 2.32. The molecular formula is C14H24N2O4. The molecule has 6 heteroatoms. The van der Waals surface area contributed by atoms with Gasteiger partial charge >= 0.3 is 12.0 Å². The number of urea groups is 1. The lowest BCUT2D eigenvalue weighted by molar-refractivity contribution is -0.149. The first-order valence-corrected chi connectivity index (χ1v) is 7.11. The normalized spacial score (nSPS) is 15.9. The fourth-order valence-electron chi connectivity index (χ4n) is 2.50. The molecule has 0 aromatic rings. The number of hydrogen-bond acceptors (Lipinski definition) is 3. The van der Waals surface area contributed by atoms with Crippen molar-refractivity contribution >= 4 is 17.9 Å². The van der Waals surface area contributed by atoms with E-state index in [4.69, 9.17) is 5.11 Å². The van der Waals surface area contributed by atoms with Crippen molar-refractivity contribution in [2.75, 3.05) is 6.54 Å². The largest absolute Gasteiger partial charge is 0.481 e. The van der Waals surface area contributed by atoms with Gasteiger partial charge in [-0.3, -0.25) is 14.9 Å². The standard InChI is InChI=1S/C14H24N2O4/c1-4-16(10-7-5-6-8-10)13(20)15-11(17)9-14(2,3)12(18)19/h10H,4-9H2,1-3H3,(H,18,19)(H,15,17,20). The summed E-state index contributed by atoms with van der Waals surface area (Å²) in [5.41, 5.74) is -1.17. The van der Waals surface area contributed by atoms with Gasteiger partial charge < -0.3 is 10.0 Å². The molecule has 0 bridgehead atoms. The smallest absolute Gasteiger partial charge is 0.324 e. The Hall–Kier alpha value is -1.59. The molecule has 0 atom stereocenters. The Morgan fingerprint density at radius 2 is 1.80 bits per heavy atom. The first-order chi connectivity index (χ1) is 9.27. The first-order valence-electron chi connectivity index (χ1n) is 7.11. The van der Waals surface area contributed by atoms with Crippen LogP contribution in [-0.4, -0.2) is 40.5 Å². The molecule has 1 aliphatic rings. The molecule has 1 rings (SSSR count). The van der Waals surface area contributed by atoms with Gasteiger partial charge in [0, 0.05) is 19.0 Å². The van der Waals surface area contributed by atoms with Gasteiger partial charge in [-0.15, -0.1) is 0 Å². The van der Waals surface area contributed by atoms with E-state index in [9.17, 15) is 14.4 Å². The van der Waals surface area contributed by atoms with Gasteiger partial charge in [0.25, 0.3) is 0 Å². The number of rotatable bonds is 5. The summed E-state index contributed by atoms with van der Waals surface area (Å²) in [6, 6.07) is -0.217. The summed E-state index contributed by atoms with van der Waals surface area (Å²) in [5, 5.41) is 11.3. The van der Waals surface area contributed by atoms with Gasteiger partial charge in [-0.2, -0.15) is 0 Å². The number of carboxylic acid groups (broad SMARTS) is 1. The van der Waals surface area contributed by atoms with Crippen LogP contribution in [0.25, 0.3) is 0 Å². The molecule has 0 saturated heterocycles. The number of imide groups is 1. The second kappa shape index (κ2) is 6.72. The van der Waals surface area contributed by atoms with Gasteiger partial charge in [0.2, 0.25) is 5.91 Å². The van der Waals surface area contributed by atoms with Gasteiger partial charge in [-0.1, -0.05) is 12.8 Å². The summed E-state index contributed by atoms with van der Waals surface area (Å²) in [7, 11) is 0. The number of carbonyl (C=O) groups is 3. The second-order valence-corrected chi connectivity index (χ2v) is 5.94. The van der Waals surface area contributed by atoms with E-state index in [1.807, 2.05) is 6.92 Å². The summed E-state index contributed by atoms with van der Waals surface area (Å²) in [4.78, 5) is 36.5. The third-order valence-corrected chi connectivity index (χ3v) is 3.79. The van der Waals surface area contributed by atoms with Crippen molar-refractivity contribution in [3.05, 3.63) is 0 Å². The lowest BCUT2D eigenvalue weighted by Gasteiger charge is -2.28. The Morgan fingerprint density at radius 1 is 1.25 bits per heavy atom. The molecule has 3 amide bonds. The topological polar surface area (TPSA) is 86.7 Å². The molecule has 0 heterocycles. The molecular weight excluding hydrogens is 260 g/mol. The van der Waals surface area contributed by atoms with E-state index in [1.54, 1.807) is 4.90 Å². The summed E-state index contributed by atoms with van der Waals surface area (Å²) >= 11 is 0. The molecule has 6 nitrogen and oxygen atoms in total. The summed E-state index contributed by atoms with van der Waals surface area (Å²) in [6.07, 6.45) is 3.94. The maximum atomic E-state index is 12.1. The van der Waals surface area contributed by atoms with Crippen LogP contribution in [0, 0.1) is 5.41 Å². The molecule has 2 N–H and O–H groups in total. The number of nitrogens with zero attached hydrogens (tertiary/aromatic N) is 1. The minimum absolute atomic E-state index is 0.195. The van der Waals surface area contributed by atoms with Crippen LogP contribution in [0.3, 0.4) is 0 Å². The quantitative estimate of drug-likeness (QED) is 0.808. The molecule has 0 spiro atoms. The van der Waals surface area contributed by atoms with Crippen LogP contribution in [0.5, 0.6) is 0 Å². The number of hydrogen-bond donors (Lipinski definition) is 2. The lowest BCUT2D eigenvalue weighted by Crippen LogP contribution is -2.48. The molecule has 0 aromatic carbocycles. The zero-order valence-corrected chi connectivity index (χ0v) is 12.4. The average molecular weight is 284 g/mol. The Balaban J connectivity index is 2.55. The lowest BCUT2D eigenvalue weighted by atomic mass is 9.89. The minimum Gasteiger partial charge on any atom is -0.481 e. The van der Waals surface area contributed by atoms with Crippen LogP contribution in [0.15, 0.2) is 0 Å². The van der Waals surface area contributed by atoms with E-state index < -0.39 is 23.3 Å². The van der Waals surface area contributed by atoms with Crippen molar-refractivity contribution in [2.45, 2.75) is 58.9 Å². The predicted octanol–water partition coefficient (Wildman–Crippen LogP) is 1.99. The van der Waals surface area contributed by atoms with Crippen LogP contribution in [0.2, 0.25) is 0 Å². The molecule has 0 aliphatic heterocycles. The van der Waals surface area contributed by atoms with E-state index in [-0.39, 0.29) is 12.5 Å². The van der Waals surface area contributed by atoms with E-state index in [2.05, 4.69) is 5.32 Å². The maximum Gasteiger partial charge on any atom is 0.324 e. The van der Waals surface area contributed by atoms with Crippen LogP contribution in [0.4, 0.5) is 4.79 Å². The fourth-order valence-corrected chi connectivity index (χ4v) is 2.50. The van der Waals surface area contributed by atoms with Crippen molar-refractivity contribution in [2.24, 2.45) is 5.41 Å². The van der Waals surface area contributed by atoms with Crippen LogP contribution in [0.1, 0.15) is 52.9 Å². The van der Waals surface area contributed by atoms with Crippen LogP contribution < -0.4 is 5.32 Å². The van der Waals surface area contributed by atoms with E-state index in [1.165, 1.54) is 13.8 Å².